The Balaban J connectivity index is 1.80. The van der Waals surface area contributed by atoms with Crippen molar-refractivity contribution in [2.24, 2.45) is 0 Å². The van der Waals surface area contributed by atoms with Gasteiger partial charge in [-0.2, -0.15) is 0 Å². The second-order valence-corrected chi connectivity index (χ2v) is 6.39. The molecule has 1 heteroatoms. The molecule has 0 amide bonds. The standard InChI is InChI=1S/C22H22O/c1-2-3-9-18-14-17-12-7-8-13-19(17)22-20(18)15-21(23-22)16-10-5-4-6-11-16/h4-8,10-14,21H,2-3,9,15H2,1H3. The average Bonchev–Trinajstić information content (AvgIpc) is 3.06. The average molecular weight is 302 g/mol. The maximum atomic E-state index is 6.43. The van der Waals surface area contributed by atoms with Crippen molar-refractivity contribution in [3.8, 4) is 5.75 Å². The van der Waals surface area contributed by atoms with E-state index >= 15 is 0 Å². The zero-order chi connectivity index (χ0) is 15.6. The van der Waals surface area contributed by atoms with E-state index in [4.69, 9.17) is 4.74 Å². The molecule has 0 spiro atoms. The fourth-order valence-electron chi connectivity index (χ4n) is 3.58. The molecule has 0 fully saturated rings. The van der Waals surface area contributed by atoms with Gasteiger partial charge >= 0.3 is 0 Å². The van der Waals surface area contributed by atoms with Crippen LogP contribution in [0.15, 0.2) is 60.7 Å². The fraction of sp³-hybridized carbons (Fsp3) is 0.273. The van der Waals surface area contributed by atoms with Gasteiger partial charge in [0.05, 0.1) is 0 Å². The van der Waals surface area contributed by atoms with E-state index in [0.29, 0.717) is 0 Å². The van der Waals surface area contributed by atoms with Gasteiger partial charge in [0.25, 0.3) is 0 Å². The minimum Gasteiger partial charge on any atom is -0.484 e. The highest BCUT2D eigenvalue weighted by atomic mass is 16.5. The fourth-order valence-corrected chi connectivity index (χ4v) is 3.58. The quantitative estimate of drug-likeness (QED) is 0.586. The number of rotatable bonds is 4. The lowest BCUT2D eigenvalue weighted by Gasteiger charge is -2.12. The van der Waals surface area contributed by atoms with Crippen molar-refractivity contribution in [3.63, 3.8) is 0 Å². The molecule has 3 aromatic rings. The van der Waals surface area contributed by atoms with Crippen LogP contribution in [0.5, 0.6) is 5.75 Å². The molecule has 1 atom stereocenters. The lowest BCUT2D eigenvalue weighted by Crippen LogP contribution is -2.02. The third-order valence-electron chi connectivity index (χ3n) is 4.82. The summed E-state index contributed by atoms with van der Waals surface area (Å²) in [6.07, 6.45) is 4.75. The number of hydrogen-bond acceptors (Lipinski definition) is 1. The second-order valence-electron chi connectivity index (χ2n) is 6.39. The first-order valence-corrected chi connectivity index (χ1v) is 8.62. The molecule has 116 valence electrons. The molecule has 0 aromatic heterocycles. The molecule has 1 aliphatic rings. The van der Waals surface area contributed by atoms with Gasteiger partial charge in [0.1, 0.15) is 11.9 Å². The van der Waals surface area contributed by atoms with Crippen LogP contribution in [-0.4, -0.2) is 0 Å². The number of unbranched alkanes of at least 4 members (excludes halogenated alkanes) is 1. The maximum absolute atomic E-state index is 6.43. The molecule has 0 saturated heterocycles. The summed E-state index contributed by atoms with van der Waals surface area (Å²) >= 11 is 0. The van der Waals surface area contributed by atoms with Gasteiger partial charge in [-0.05, 0) is 29.4 Å². The predicted octanol–water partition coefficient (Wildman–Crippen LogP) is 5.86. The molecule has 1 aliphatic heterocycles. The Kier molecular flexibility index (Phi) is 3.78. The van der Waals surface area contributed by atoms with Crippen molar-refractivity contribution >= 4 is 10.8 Å². The third-order valence-corrected chi connectivity index (χ3v) is 4.82. The lowest BCUT2D eigenvalue weighted by atomic mass is 9.93. The predicted molar refractivity (Wildman–Crippen MR) is 96.1 cm³/mol. The molecule has 0 radical (unpaired) electrons. The van der Waals surface area contributed by atoms with E-state index in [1.54, 1.807) is 0 Å². The Labute approximate surface area is 137 Å². The van der Waals surface area contributed by atoms with E-state index < -0.39 is 0 Å². The van der Waals surface area contributed by atoms with Gasteiger partial charge in [-0.1, -0.05) is 74.0 Å². The summed E-state index contributed by atoms with van der Waals surface area (Å²) in [6.45, 7) is 2.25. The molecule has 0 N–H and O–H groups in total. The van der Waals surface area contributed by atoms with Gasteiger partial charge in [0.15, 0.2) is 0 Å². The van der Waals surface area contributed by atoms with Gasteiger partial charge in [-0.15, -0.1) is 0 Å². The number of fused-ring (bicyclic) bond motifs is 3. The normalized spacial score (nSPS) is 16.3. The van der Waals surface area contributed by atoms with Crippen LogP contribution in [0, 0.1) is 0 Å². The van der Waals surface area contributed by atoms with Crippen LogP contribution < -0.4 is 4.74 Å². The first kappa shape index (κ1) is 14.3. The van der Waals surface area contributed by atoms with Gasteiger partial charge < -0.3 is 4.74 Å². The Hall–Kier alpha value is -2.28. The molecule has 3 aromatic carbocycles. The summed E-state index contributed by atoms with van der Waals surface area (Å²) in [4.78, 5) is 0. The molecule has 0 saturated carbocycles. The SMILES string of the molecule is CCCCc1cc2ccccc2c2c1CC(c1ccccc1)O2. The summed E-state index contributed by atoms with van der Waals surface area (Å²) < 4.78 is 6.43. The number of aryl methyl sites for hydroxylation is 1. The van der Waals surface area contributed by atoms with E-state index in [1.165, 1.54) is 40.3 Å². The molecular weight excluding hydrogens is 280 g/mol. The minimum atomic E-state index is 0.150. The molecule has 23 heavy (non-hydrogen) atoms. The monoisotopic (exact) mass is 302 g/mol. The van der Waals surface area contributed by atoms with E-state index in [2.05, 4.69) is 67.6 Å². The Morgan fingerprint density at radius 1 is 1.00 bits per heavy atom. The molecule has 4 rings (SSSR count). The summed E-state index contributed by atoms with van der Waals surface area (Å²) in [5.41, 5.74) is 4.17. The first-order valence-electron chi connectivity index (χ1n) is 8.62. The topological polar surface area (TPSA) is 9.23 Å². The number of ether oxygens (including phenoxy) is 1. The largest absolute Gasteiger partial charge is 0.484 e. The van der Waals surface area contributed by atoms with Gasteiger partial charge in [-0.3, -0.25) is 0 Å². The summed E-state index contributed by atoms with van der Waals surface area (Å²) in [7, 11) is 0. The van der Waals surface area contributed by atoms with Crippen molar-refractivity contribution in [3.05, 3.63) is 77.4 Å². The van der Waals surface area contributed by atoms with E-state index in [1.807, 2.05) is 0 Å². The summed E-state index contributed by atoms with van der Waals surface area (Å²) in [6, 6.07) is 21.6. The zero-order valence-corrected chi connectivity index (χ0v) is 13.6. The van der Waals surface area contributed by atoms with Crippen LogP contribution in [0.1, 0.15) is 42.6 Å². The first-order chi connectivity index (χ1) is 11.4. The third kappa shape index (κ3) is 2.61. The van der Waals surface area contributed by atoms with Crippen LogP contribution in [0.2, 0.25) is 0 Å². The minimum absolute atomic E-state index is 0.150. The summed E-state index contributed by atoms with van der Waals surface area (Å²) in [5.74, 6) is 1.11. The van der Waals surface area contributed by atoms with Crippen LogP contribution in [0.3, 0.4) is 0 Å². The highest BCUT2D eigenvalue weighted by Crippen LogP contribution is 2.43. The molecule has 1 unspecified atom stereocenters. The molecule has 1 heterocycles. The van der Waals surface area contributed by atoms with Crippen LogP contribution in [0.4, 0.5) is 0 Å². The van der Waals surface area contributed by atoms with Crippen molar-refractivity contribution in [1.82, 2.24) is 0 Å². The van der Waals surface area contributed by atoms with Crippen LogP contribution in [0.25, 0.3) is 10.8 Å². The van der Waals surface area contributed by atoms with E-state index in [-0.39, 0.29) is 6.10 Å². The molecule has 0 aliphatic carbocycles. The van der Waals surface area contributed by atoms with Gasteiger partial charge in [-0.25, -0.2) is 0 Å². The Morgan fingerprint density at radius 2 is 1.78 bits per heavy atom. The molecule has 0 bridgehead atoms. The van der Waals surface area contributed by atoms with E-state index in [0.717, 1.165) is 18.6 Å². The van der Waals surface area contributed by atoms with Gasteiger partial charge in [0, 0.05) is 17.4 Å². The van der Waals surface area contributed by atoms with Crippen molar-refractivity contribution in [2.75, 3.05) is 0 Å². The smallest absolute Gasteiger partial charge is 0.131 e. The van der Waals surface area contributed by atoms with Crippen molar-refractivity contribution in [2.45, 2.75) is 38.7 Å². The second kappa shape index (κ2) is 6.08. The van der Waals surface area contributed by atoms with Crippen molar-refractivity contribution < 1.29 is 4.74 Å². The zero-order valence-electron chi connectivity index (χ0n) is 13.6. The Morgan fingerprint density at radius 3 is 2.61 bits per heavy atom. The van der Waals surface area contributed by atoms with Crippen molar-refractivity contribution in [1.29, 1.82) is 0 Å². The summed E-state index contributed by atoms with van der Waals surface area (Å²) in [5, 5.41) is 2.55. The van der Waals surface area contributed by atoms with E-state index in [9.17, 15) is 0 Å². The highest BCUT2D eigenvalue weighted by Gasteiger charge is 2.28. The highest BCUT2D eigenvalue weighted by molar-refractivity contribution is 5.91. The molecular formula is C22H22O. The Bertz CT molecular complexity index is 820. The van der Waals surface area contributed by atoms with Gasteiger partial charge in [0.2, 0.25) is 0 Å². The maximum Gasteiger partial charge on any atom is 0.131 e. The lowest BCUT2D eigenvalue weighted by molar-refractivity contribution is 0.241. The number of benzene rings is 3. The molecule has 1 nitrogen and oxygen atoms in total. The van der Waals surface area contributed by atoms with Crippen LogP contribution in [-0.2, 0) is 12.8 Å². The van der Waals surface area contributed by atoms with Crippen LogP contribution >= 0.6 is 0 Å². The number of hydrogen-bond donors (Lipinski definition) is 0.